The summed E-state index contributed by atoms with van der Waals surface area (Å²) in [6.45, 7) is 16.0. The second-order valence-electron chi connectivity index (χ2n) is 8.95. The van der Waals surface area contributed by atoms with Crippen LogP contribution in [-0.4, -0.2) is 17.9 Å². The fraction of sp³-hybridized carbons (Fsp3) is 0.478. The molecular weight excluding hydrogens is 355 g/mol. The zero-order chi connectivity index (χ0) is 20.5. The normalized spacial score (nSPS) is 14.7. The van der Waals surface area contributed by atoms with Crippen molar-refractivity contribution < 1.29 is 13.8 Å². The van der Waals surface area contributed by atoms with Crippen LogP contribution in [0.4, 0.5) is 0 Å². The summed E-state index contributed by atoms with van der Waals surface area (Å²) < 4.78 is 24.3. The van der Waals surface area contributed by atoms with E-state index in [-0.39, 0.29) is 16.7 Å². The molecule has 3 nitrogen and oxygen atoms in total. The van der Waals surface area contributed by atoms with Gasteiger partial charge in [0.25, 0.3) is 0 Å². The molecule has 1 unspecified atom stereocenters. The fourth-order valence-electron chi connectivity index (χ4n) is 2.66. The first kappa shape index (κ1) is 21.6. The third kappa shape index (κ3) is 5.17. The minimum absolute atomic E-state index is 0.158. The van der Waals surface area contributed by atoms with Gasteiger partial charge in [0, 0.05) is 17.2 Å². The molecular formula is C23H33O3P. The van der Waals surface area contributed by atoms with E-state index in [9.17, 15) is 4.57 Å². The van der Waals surface area contributed by atoms with E-state index < -0.39 is 7.37 Å². The van der Waals surface area contributed by atoms with E-state index in [4.69, 9.17) is 9.26 Å². The van der Waals surface area contributed by atoms with Crippen LogP contribution < -0.4 is 9.26 Å². The Bertz CT molecular complexity index is 797. The number of hydrogen-bond donors (Lipinski definition) is 0. The maximum atomic E-state index is 12.8. The molecule has 2 aromatic rings. The molecule has 0 heterocycles. The predicted molar refractivity (Wildman–Crippen MR) is 115 cm³/mol. The largest absolute Gasteiger partial charge is 0.491 e. The monoisotopic (exact) mass is 388 g/mol. The second-order valence-corrected chi connectivity index (χ2v) is 12.2. The van der Waals surface area contributed by atoms with Gasteiger partial charge in [0.2, 0.25) is 7.37 Å². The van der Waals surface area contributed by atoms with Gasteiger partial charge in [-0.15, -0.1) is 0 Å². The average Bonchev–Trinajstić information content (AvgIpc) is 2.54. The van der Waals surface area contributed by atoms with Crippen LogP contribution in [-0.2, 0) is 9.98 Å². The quantitative estimate of drug-likeness (QED) is 0.506. The second kappa shape index (κ2) is 7.72. The lowest BCUT2D eigenvalue weighted by molar-refractivity contribution is 0.242. The van der Waals surface area contributed by atoms with E-state index >= 15 is 0 Å². The molecule has 0 fully saturated rings. The fourth-order valence-corrected chi connectivity index (χ4v) is 3.46. The van der Waals surface area contributed by atoms with Gasteiger partial charge in [-0.05, 0) is 49.2 Å². The molecule has 0 bridgehead atoms. The van der Waals surface area contributed by atoms with Gasteiger partial charge >= 0.3 is 0 Å². The first-order chi connectivity index (χ1) is 12.3. The summed E-state index contributed by atoms with van der Waals surface area (Å²) in [7, 11) is -2.74. The van der Waals surface area contributed by atoms with Crippen molar-refractivity contribution in [2.45, 2.75) is 65.1 Å². The Kier molecular flexibility index (Phi) is 6.16. The van der Waals surface area contributed by atoms with E-state index in [1.807, 2.05) is 58.9 Å². The van der Waals surface area contributed by atoms with E-state index in [0.29, 0.717) is 5.75 Å². The molecule has 1 atom stereocenters. The third-order valence-corrected chi connectivity index (χ3v) is 8.02. The lowest BCUT2D eigenvalue weighted by Gasteiger charge is -2.29. The number of hydrogen-bond acceptors (Lipinski definition) is 3. The van der Waals surface area contributed by atoms with Crippen LogP contribution in [0.25, 0.3) is 0 Å². The summed E-state index contributed by atoms with van der Waals surface area (Å²) >= 11 is 0. The molecule has 148 valence electrons. The van der Waals surface area contributed by atoms with Crippen LogP contribution in [0.3, 0.4) is 0 Å². The van der Waals surface area contributed by atoms with E-state index in [1.54, 1.807) is 6.66 Å². The van der Waals surface area contributed by atoms with Crippen molar-refractivity contribution in [3.05, 3.63) is 59.7 Å². The van der Waals surface area contributed by atoms with Crippen molar-refractivity contribution in [1.29, 1.82) is 0 Å². The van der Waals surface area contributed by atoms with E-state index in [2.05, 4.69) is 38.1 Å². The number of rotatable bonds is 6. The van der Waals surface area contributed by atoms with Crippen LogP contribution in [0.15, 0.2) is 48.5 Å². The minimum Gasteiger partial charge on any atom is -0.491 e. The molecule has 27 heavy (non-hydrogen) atoms. The highest BCUT2D eigenvalue weighted by Crippen LogP contribution is 2.55. The van der Waals surface area contributed by atoms with Crippen LogP contribution in [0.5, 0.6) is 11.5 Å². The van der Waals surface area contributed by atoms with E-state index in [1.165, 1.54) is 11.1 Å². The molecule has 0 spiro atoms. The minimum atomic E-state index is -2.74. The van der Waals surface area contributed by atoms with Gasteiger partial charge in [-0.2, -0.15) is 0 Å². The molecule has 0 radical (unpaired) electrons. The van der Waals surface area contributed by atoms with Gasteiger partial charge < -0.3 is 9.26 Å². The standard InChI is InChI=1S/C23H33O3P/c1-17(2)25-20-13-9-18(10-14-20)23(6,7)19-11-15-21(16-12-19)26-27(8,24)22(3,4)5/h9-17H,1-8H3. The van der Waals surface area contributed by atoms with Crippen molar-refractivity contribution in [1.82, 2.24) is 0 Å². The number of ether oxygens (including phenoxy) is 1. The highest BCUT2D eigenvalue weighted by Gasteiger charge is 2.34. The predicted octanol–water partition coefficient (Wildman–Crippen LogP) is 6.88. The average molecular weight is 388 g/mol. The van der Waals surface area contributed by atoms with Crippen LogP contribution in [0.1, 0.15) is 59.6 Å². The molecule has 0 amide bonds. The molecule has 4 heteroatoms. The highest BCUT2D eigenvalue weighted by molar-refractivity contribution is 7.60. The molecule has 0 saturated carbocycles. The van der Waals surface area contributed by atoms with E-state index in [0.717, 1.165) is 5.75 Å². The van der Waals surface area contributed by atoms with Crippen molar-refractivity contribution in [3.8, 4) is 11.5 Å². The Morgan fingerprint density at radius 2 is 1.19 bits per heavy atom. The Balaban J connectivity index is 2.21. The summed E-state index contributed by atoms with van der Waals surface area (Å²) in [5.41, 5.74) is 2.23. The Morgan fingerprint density at radius 1 is 0.778 bits per heavy atom. The van der Waals surface area contributed by atoms with Crippen LogP contribution in [0.2, 0.25) is 0 Å². The zero-order valence-corrected chi connectivity index (χ0v) is 18.8. The molecule has 0 saturated heterocycles. The molecule has 0 aliphatic carbocycles. The van der Waals surface area contributed by atoms with Gasteiger partial charge in [0.05, 0.1) is 6.10 Å². The molecule has 0 aliphatic heterocycles. The molecule has 0 aliphatic rings. The maximum Gasteiger partial charge on any atom is 0.250 e. The lowest BCUT2D eigenvalue weighted by atomic mass is 9.78. The Labute approximate surface area is 164 Å². The molecule has 2 aromatic carbocycles. The zero-order valence-electron chi connectivity index (χ0n) is 17.9. The van der Waals surface area contributed by atoms with Crippen molar-refractivity contribution >= 4 is 7.37 Å². The third-order valence-electron chi connectivity index (χ3n) is 5.02. The Hall–Kier alpha value is -1.73. The Morgan fingerprint density at radius 3 is 1.56 bits per heavy atom. The van der Waals surface area contributed by atoms with Gasteiger partial charge in [-0.3, -0.25) is 4.57 Å². The summed E-state index contributed by atoms with van der Waals surface area (Å²) in [6.07, 6.45) is 0.166. The first-order valence-corrected chi connectivity index (χ1v) is 11.5. The molecule has 0 aromatic heterocycles. The summed E-state index contributed by atoms with van der Waals surface area (Å²) in [5.74, 6) is 1.53. The smallest absolute Gasteiger partial charge is 0.250 e. The summed E-state index contributed by atoms with van der Waals surface area (Å²) in [5, 5.41) is -0.384. The van der Waals surface area contributed by atoms with Crippen molar-refractivity contribution in [2.24, 2.45) is 0 Å². The van der Waals surface area contributed by atoms with Gasteiger partial charge in [0.15, 0.2) is 0 Å². The van der Waals surface area contributed by atoms with Gasteiger partial charge in [-0.1, -0.05) is 58.9 Å². The SMILES string of the molecule is CC(C)Oc1ccc(C(C)(C)c2ccc(OP(C)(=O)C(C)(C)C)cc2)cc1. The van der Waals surface area contributed by atoms with Crippen molar-refractivity contribution in [3.63, 3.8) is 0 Å². The van der Waals surface area contributed by atoms with Gasteiger partial charge in [-0.25, -0.2) is 0 Å². The van der Waals surface area contributed by atoms with Crippen molar-refractivity contribution in [2.75, 3.05) is 6.66 Å². The van der Waals surface area contributed by atoms with Gasteiger partial charge in [0.1, 0.15) is 11.5 Å². The van der Waals surface area contributed by atoms with Crippen LogP contribution >= 0.6 is 7.37 Å². The molecule has 0 N–H and O–H groups in total. The topological polar surface area (TPSA) is 35.5 Å². The summed E-state index contributed by atoms with van der Waals surface area (Å²) in [6, 6.07) is 16.2. The van der Waals surface area contributed by atoms with Crippen LogP contribution in [0, 0.1) is 0 Å². The maximum absolute atomic E-state index is 12.8. The highest BCUT2D eigenvalue weighted by atomic mass is 31.2. The summed E-state index contributed by atoms with van der Waals surface area (Å²) in [4.78, 5) is 0. The first-order valence-electron chi connectivity index (χ1n) is 9.48. The number of benzene rings is 2. The lowest BCUT2D eigenvalue weighted by Crippen LogP contribution is -2.19. The molecule has 2 rings (SSSR count).